The molecule has 1 aromatic carbocycles. The lowest BCUT2D eigenvalue weighted by molar-refractivity contribution is 0.150. The molecular formula is C13H15F2N. The first-order valence-corrected chi connectivity index (χ1v) is 5.15. The van der Waals surface area contributed by atoms with Crippen LogP contribution in [0, 0.1) is 11.3 Å². The van der Waals surface area contributed by atoms with Crippen LogP contribution in [0.2, 0.25) is 0 Å². The largest absolute Gasteiger partial charge is 0.264 e. The maximum absolute atomic E-state index is 12.8. The normalized spacial score (nSPS) is 11.6. The van der Waals surface area contributed by atoms with Crippen molar-refractivity contribution in [1.29, 1.82) is 5.26 Å². The van der Waals surface area contributed by atoms with E-state index >= 15 is 0 Å². The molecule has 0 spiro atoms. The minimum atomic E-state index is -2.52. The third-order valence-electron chi connectivity index (χ3n) is 2.51. The molecule has 1 nitrogen and oxygen atoms in total. The van der Waals surface area contributed by atoms with Gasteiger partial charge < -0.3 is 0 Å². The molecular weight excluding hydrogens is 208 g/mol. The van der Waals surface area contributed by atoms with Crippen LogP contribution < -0.4 is 0 Å². The van der Waals surface area contributed by atoms with Crippen LogP contribution in [0.15, 0.2) is 18.2 Å². The molecule has 0 aromatic heterocycles. The molecule has 0 bridgehead atoms. The van der Waals surface area contributed by atoms with Gasteiger partial charge in [0.05, 0.1) is 12.5 Å². The average Bonchev–Trinajstić information content (AvgIpc) is 2.16. The van der Waals surface area contributed by atoms with E-state index < -0.39 is 6.43 Å². The van der Waals surface area contributed by atoms with Crippen molar-refractivity contribution < 1.29 is 8.78 Å². The number of nitriles is 1. The third-order valence-corrected chi connectivity index (χ3v) is 2.51. The van der Waals surface area contributed by atoms with E-state index in [0.29, 0.717) is 5.56 Å². The van der Waals surface area contributed by atoms with E-state index in [4.69, 9.17) is 5.26 Å². The van der Waals surface area contributed by atoms with Crippen LogP contribution in [0.5, 0.6) is 0 Å². The number of nitrogens with zero attached hydrogens (tertiary/aromatic N) is 1. The van der Waals surface area contributed by atoms with Crippen LogP contribution in [0.1, 0.15) is 43.9 Å². The highest BCUT2D eigenvalue weighted by molar-refractivity contribution is 5.41. The molecule has 0 aliphatic heterocycles. The molecule has 1 rings (SSSR count). The van der Waals surface area contributed by atoms with Crippen molar-refractivity contribution in [3.8, 4) is 6.07 Å². The average molecular weight is 223 g/mol. The summed E-state index contributed by atoms with van der Waals surface area (Å²) < 4.78 is 25.6. The lowest BCUT2D eigenvalue weighted by Gasteiger charge is -2.23. The fourth-order valence-electron chi connectivity index (χ4n) is 1.79. The van der Waals surface area contributed by atoms with Gasteiger partial charge in [-0.05, 0) is 16.5 Å². The molecule has 0 fully saturated rings. The number of halogens is 2. The molecule has 86 valence electrons. The van der Waals surface area contributed by atoms with E-state index in [1.807, 2.05) is 32.9 Å². The zero-order valence-corrected chi connectivity index (χ0v) is 9.72. The van der Waals surface area contributed by atoms with E-state index in [9.17, 15) is 8.78 Å². The highest BCUT2D eigenvalue weighted by Crippen LogP contribution is 2.32. The summed E-state index contributed by atoms with van der Waals surface area (Å²) in [5.74, 6) is 0. The Morgan fingerprint density at radius 1 is 1.31 bits per heavy atom. The Kier molecular flexibility index (Phi) is 3.64. The first-order valence-electron chi connectivity index (χ1n) is 5.15. The van der Waals surface area contributed by atoms with Crippen LogP contribution in [0.25, 0.3) is 0 Å². The van der Waals surface area contributed by atoms with Gasteiger partial charge in [0.1, 0.15) is 0 Å². The van der Waals surface area contributed by atoms with Gasteiger partial charge in [-0.15, -0.1) is 0 Å². The van der Waals surface area contributed by atoms with Crippen molar-refractivity contribution >= 4 is 0 Å². The second kappa shape index (κ2) is 4.61. The Labute approximate surface area is 94.7 Å². The van der Waals surface area contributed by atoms with Gasteiger partial charge in [0.2, 0.25) is 0 Å². The Morgan fingerprint density at radius 2 is 1.94 bits per heavy atom. The molecule has 3 heteroatoms. The van der Waals surface area contributed by atoms with Gasteiger partial charge >= 0.3 is 0 Å². The first kappa shape index (κ1) is 12.6. The maximum atomic E-state index is 12.8. The smallest absolute Gasteiger partial charge is 0.205 e. The van der Waals surface area contributed by atoms with Gasteiger partial charge in [-0.3, -0.25) is 0 Å². The quantitative estimate of drug-likeness (QED) is 0.743. The van der Waals surface area contributed by atoms with Gasteiger partial charge in [0.25, 0.3) is 6.43 Å². The number of hydrogen-bond acceptors (Lipinski definition) is 1. The molecule has 0 atom stereocenters. The Hall–Kier alpha value is -1.43. The van der Waals surface area contributed by atoms with Crippen LogP contribution in [-0.4, -0.2) is 0 Å². The molecule has 0 unspecified atom stereocenters. The van der Waals surface area contributed by atoms with Crippen molar-refractivity contribution in [2.24, 2.45) is 0 Å². The SMILES string of the molecule is CC(C)(C)c1cccc(C(F)F)c1CC#N. The van der Waals surface area contributed by atoms with E-state index in [0.717, 1.165) is 5.56 Å². The first-order chi connectivity index (χ1) is 7.38. The highest BCUT2D eigenvalue weighted by Gasteiger charge is 2.22. The molecule has 0 aliphatic rings. The predicted octanol–water partition coefficient (Wildman–Crippen LogP) is 3.99. The summed E-state index contributed by atoms with van der Waals surface area (Å²) in [6.45, 7) is 5.87. The van der Waals surface area contributed by atoms with Gasteiger partial charge in [-0.1, -0.05) is 39.0 Å². The third kappa shape index (κ3) is 2.57. The van der Waals surface area contributed by atoms with Gasteiger partial charge in [0.15, 0.2) is 0 Å². The van der Waals surface area contributed by atoms with Crippen LogP contribution in [-0.2, 0) is 11.8 Å². The molecule has 0 amide bonds. The minimum Gasteiger partial charge on any atom is -0.205 e. The van der Waals surface area contributed by atoms with E-state index in [2.05, 4.69) is 0 Å². The molecule has 1 aromatic rings. The molecule has 0 aliphatic carbocycles. The van der Waals surface area contributed by atoms with Crippen LogP contribution >= 0.6 is 0 Å². The molecule has 0 saturated heterocycles. The minimum absolute atomic E-state index is 0.0195. The molecule has 0 radical (unpaired) electrons. The summed E-state index contributed by atoms with van der Waals surface area (Å²) in [5.41, 5.74) is 1.06. The zero-order valence-electron chi connectivity index (χ0n) is 9.72. The van der Waals surface area contributed by atoms with Gasteiger partial charge in [-0.2, -0.15) is 5.26 Å². The monoisotopic (exact) mass is 223 g/mol. The highest BCUT2D eigenvalue weighted by atomic mass is 19.3. The summed E-state index contributed by atoms with van der Waals surface area (Å²) in [7, 11) is 0. The summed E-state index contributed by atoms with van der Waals surface area (Å²) in [6, 6.07) is 6.80. The predicted molar refractivity (Wildman–Crippen MR) is 59.4 cm³/mol. The van der Waals surface area contributed by atoms with Crippen molar-refractivity contribution in [2.75, 3.05) is 0 Å². The summed E-state index contributed by atoms with van der Waals surface area (Å²) in [6.07, 6.45) is -2.49. The Balaban J connectivity index is 3.40. The van der Waals surface area contributed by atoms with Gasteiger partial charge in [0, 0.05) is 5.56 Å². The number of rotatable bonds is 2. The Bertz CT molecular complexity index is 411. The topological polar surface area (TPSA) is 23.8 Å². The molecule has 0 saturated carbocycles. The fourth-order valence-corrected chi connectivity index (χ4v) is 1.79. The van der Waals surface area contributed by atoms with Gasteiger partial charge in [-0.25, -0.2) is 8.78 Å². The zero-order chi connectivity index (χ0) is 12.3. The van der Waals surface area contributed by atoms with E-state index in [1.54, 1.807) is 6.07 Å². The second-order valence-electron chi connectivity index (χ2n) is 4.76. The number of alkyl halides is 2. The summed E-state index contributed by atoms with van der Waals surface area (Å²) in [4.78, 5) is 0. The van der Waals surface area contributed by atoms with Crippen molar-refractivity contribution in [3.63, 3.8) is 0 Å². The molecule has 0 heterocycles. The summed E-state index contributed by atoms with van der Waals surface area (Å²) >= 11 is 0. The van der Waals surface area contributed by atoms with Crippen LogP contribution in [0.3, 0.4) is 0 Å². The number of benzene rings is 1. The van der Waals surface area contributed by atoms with Crippen molar-refractivity contribution in [3.05, 3.63) is 34.9 Å². The van der Waals surface area contributed by atoms with E-state index in [1.165, 1.54) is 6.07 Å². The summed E-state index contributed by atoms with van der Waals surface area (Å²) in [5, 5.41) is 8.72. The molecule has 16 heavy (non-hydrogen) atoms. The standard InChI is InChI=1S/C13H15F2N/c1-13(2,3)11-6-4-5-10(12(14)15)9(11)7-8-16/h4-6,12H,7H2,1-3H3. The second-order valence-corrected chi connectivity index (χ2v) is 4.76. The van der Waals surface area contributed by atoms with Crippen molar-refractivity contribution in [1.82, 2.24) is 0 Å². The fraction of sp³-hybridized carbons (Fsp3) is 0.462. The van der Waals surface area contributed by atoms with Crippen LogP contribution in [0.4, 0.5) is 8.78 Å². The maximum Gasteiger partial charge on any atom is 0.264 e. The lowest BCUT2D eigenvalue weighted by Crippen LogP contribution is -2.15. The molecule has 0 N–H and O–H groups in total. The Morgan fingerprint density at radius 3 is 2.38 bits per heavy atom. The lowest BCUT2D eigenvalue weighted by atomic mass is 9.81. The van der Waals surface area contributed by atoms with E-state index in [-0.39, 0.29) is 17.4 Å². The number of hydrogen-bond donors (Lipinski definition) is 0. The van der Waals surface area contributed by atoms with Crippen molar-refractivity contribution in [2.45, 2.75) is 39.0 Å².